The largest absolute Gasteiger partial charge is 0.309 e. The number of nitrogens with one attached hydrogen (secondary N) is 1. The molecular formula is C14H22N4S. The molecule has 2 rings (SSSR count). The summed E-state index contributed by atoms with van der Waals surface area (Å²) in [5, 5.41) is 3.57. The first-order valence-corrected chi connectivity index (χ1v) is 7.62. The molecule has 1 aromatic heterocycles. The molecule has 0 amide bonds. The van der Waals surface area contributed by atoms with E-state index in [4.69, 9.17) is 0 Å². The van der Waals surface area contributed by atoms with Crippen LogP contribution in [0.25, 0.3) is 11.0 Å². The van der Waals surface area contributed by atoms with E-state index in [9.17, 15) is 0 Å². The van der Waals surface area contributed by atoms with E-state index in [2.05, 4.69) is 51.9 Å². The van der Waals surface area contributed by atoms with Gasteiger partial charge in [-0.15, -0.1) is 0 Å². The summed E-state index contributed by atoms with van der Waals surface area (Å²) in [6, 6.07) is 6.78. The van der Waals surface area contributed by atoms with Crippen molar-refractivity contribution >= 4 is 22.8 Å². The summed E-state index contributed by atoms with van der Waals surface area (Å²) in [4.78, 5) is 2.44. The SMILES string of the molecule is CCN(CC)C[C@@H](C)NCc1ccc2nsnc2c1. The standard InChI is InChI=1S/C14H22N4S/c1-4-18(5-2)10-11(3)15-9-12-6-7-13-14(8-12)17-19-16-13/h6-8,11,15H,4-5,9-10H2,1-3H3/t11-/m1/s1. The van der Waals surface area contributed by atoms with Crippen LogP contribution in [0.3, 0.4) is 0 Å². The Morgan fingerprint density at radius 2 is 1.95 bits per heavy atom. The molecule has 104 valence electrons. The third-order valence-corrected chi connectivity index (χ3v) is 3.96. The van der Waals surface area contributed by atoms with Crippen molar-refractivity contribution in [1.82, 2.24) is 19.0 Å². The summed E-state index contributed by atoms with van der Waals surface area (Å²) in [6.07, 6.45) is 0. The molecule has 0 aliphatic carbocycles. The molecule has 0 spiro atoms. The minimum Gasteiger partial charge on any atom is -0.309 e. The van der Waals surface area contributed by atoms with Crippen LogP contribution in [0.15, 0.2) is 18.2 Å². The van der Waals surface area contributed by atoms with Crippen molar-refractivity contribution in [2.75, 3.05) is 19.6 Å². The van der Waals surface area contributed by atoms with Gasteiger partial charge >= 0.3 is 0 Å². The molecule has 0 fully saturated rings. The van der Waals surface area contributed by atoms with Crippen molar-refractivity contribution in [1.29, 1.82) is 0 Å². The van der Waals surface area contributed by atoms with Gasteiger partial charge in [0, 0.05) is 19.1 Å². The lowest BCUT2D eigenvalue weighted by atomic mass is 10.2. The van der Waals surface area contributed by atoms with Crippen LogP contribution < -0.4 is 5.32 Å². The Balaban J connectivity index is 1.87. The van der Waals surface area contributed by atoms with Gasteiger partial charge in [0.05, 0.1) is 11.7 Å². The number of aromatic nitrogens is 2. The Morgan fingerprint density at radius 1 is 1.21 bits per heavy atom. The highest BCUT2D eigenvalue weighted by Gasteiger charge is 2.07. The van der Waals surface area contributed by atoms with E-state index < -0.39 is 0 Å². The number of hydrogen-bond acceptors (Lipinski definition) is 5. The number of likely N-dealkylation sites (N-methyl/N-ethyl adjacent to an activating group) is 1. The first kappa shape index (κ1) is 14.4. The van der Waals surface area contributed by atoms with E-state index in [1.54, 1.807) is 0 Å². The first-order chi connectivity index (χ1) is 9.22. The van der Waals surface area contributed by atoms with Crippen LogP contribution in [0.1, 0.15) is 26.3 Å². The van der Waals surface area contributed by atoms with Gasteiger partial charge in [0.15, 0.2) is 0 Å². The highest BCUT2D eigenvalue weighted by atomic mass is 32.1. The van der Waals surface area contributed by atoms with Gasteiger partial charge in [0.2, 0.25) is 0 Å². The second kappa shape index (κ2) is 6.93. The molecule has 2 aromatic rings. The van der Waals surface area contributed by atoms with Gasteiger partial charge < -0.3 is 10.2 Å². The predicted octanol–water partition coefficient (Wildman–Crippen LogP) is 2.51. The van der Waals surface area contributed by atoms with Crippen LogP contribution in [-0.4, -0.2) is 39.3 Å². The molecule has 0 aliphatic heterocycles. The molecule has 1 aromatic carbocycles. The fourth-order valence-corrected chi connectivity index (χ4v) is 2.68. The van der Waals surface area contributed by atoms with Gasteiger partial charge in [0.1, 0.15) is 11.0 Å². The smallest absolute Gasteiger partial charge is 0.105 e. The molecule has 1 N–H and O–H groups in total. The first-order valence-electron chi connectivity index (χ1n) is 6.89. The summed E-state index contributed by atoms with van der Waals surface area (Å²) in [6.45, 7) is 10.8. The third-order valence-electron chi connectivity index (χ3n) is 3.40. The molecule has 0 saturated carbocycles. The average Bonchev–Trinajstić information content (AvgIpc) is 2.89. The van der Waals surface area contributed by atoms with Gasteiger partial charge in [0.25, 0.3) is 0 Å². The quantitative estimate of drug-likeness (QED) is 0.845. The van der Waals surface area contributed by atoms with Crippen molar-refractivity contribution in [3.05, 3.63) is 23.8 Å². The topological polar surface area (TPSA) is 41.0 Å². The summed E-state index contributed by atoms with van der Waals surface area (Å²) >= 11 is 1.27. The molecule has 0 unspecified atom stereocenters. The maximum Gasteiger partial charge on any atom is 0.105 e. The lowest BCUT2D eigenvalue weighted by Gasteiger charge is -2.23. The summed E-state index contributed by atoms with van der Waals surface area (Å²) < 4.78 is 8.50. The zero-order chi connectivity index (χ0) is 13.7. The molecule has 0 bridgehead atoms. The number of benzene rings is 1. The van der Waals surface area contributed by atoms with Crippen molar-refractivity contribution in [3.8, 4) is 0 Å². The Morgan fingerprint density at radius 3 is 2.68 bits per heavy atom. The van der Waals surface area contributed by atoms with Crippen molar-refractivity contribution < 1.29 is 0 Å². The van der Waals surface area contributed by atoms with Crippen molar-refractivity contribution in [2.45, 2.75) is 33.4 Å². The maximum absolute atomic E-state index is 4.28. The Labute approximate surface area is 119 Å². The summed E-state index contributed by atoms with van der Waals surface area (Å²) in [5.74, 6) is 0. The monoisotopic (exact) mass is 278 g/mol. The van der Waals surface area contributed by atoms with Crippen molar-refractivity contribution in [3.63, 3.8) is 0 Å². The molecular weight excluding hydrogens is 256 g/mol. The highest BCUT2D eigenvalue weighted by Crippen LogP contribution is 2.13. The van der Waals surface area contributed by atoms with E-state index in [1.165, 1.54) is 17.3 Å². The minimum atomic E-state index is 0.490. The van der Waals surface area contributed by atoms with Gasteiger partial charge in [-0.25, -0.2) is 0 Å². The van der Waals surface area contributed by atoms with Crippen LogP contribution in [-0.2, 0) is 6.54 Å². The van der Waals surface area contributed by atoms with Crippen LogP contribution in [0.5, 0.6) is 0 Å². The second-order valence-corrected chi connectivity index (χ2v) is 5.38. The lowest BCUT2D eigenvalue weighted by molar-refractivity contribution is 0.270. The summed E-state index contributed by atoms with van der Waals surface area (Å²) in [7, 11) is 0. The highest BCUT2D eigenvalue weighted by molar-refractivity contribution is 7.00. The molecule has 0 radical (unpaired) electrons. The second-order valence-electron chi connectivity index (χ2n) is 4.86. The van der Waals surface area contributed by atoms with Crippen LogP contribution in [0.2, 0.25) is 0 Å². The molecule has 4 nitrogen and oxygen atoms in total. The predicted molar refractivity (Wildman–Crippen MR) is 81.5 cm³/mol. The molecule has 0 saturated heterocycles. The van der Waals surface area contributed by atoms with Gasteiger partial charge in [-0.05, 0) is 37.7 Å². The van der Waals surface area contributed by atoms with E-state index in [1.807, 2.05) is 6.07 Å². The van der Waals surface area contributed by atoms with Gasteiger partial charge in [-0.3, -0.25) is 0 Å². The van der Waals surface area contributed by atoms with Gasteiger partial charge in [-0.2, -0.15) is 8.75 Å². The fourth-order valence-electron chi connectivity index (χ4n) is 2.16. The van der Waals surface area contributed by atoms with E-state index in [0.29, 0.717) is 6.04 Å². The van der Waals surface area contributed by atoms with Crippen LogP contribution in [0.4, 0.5) is 0 Å². The number of fused-ring (bicyclic) bond motifs is 1. The molecule has 1 heterocycles. The van der Waals surface area contributed by atoms with Crippen LogP contribution in [0, 0.1) is 0 Å². The van der Waals surface area contributed by atoms with Crippen LogP contribution >= 0.6 is 11.7 Å². The molecule has 1 atom stereocenters. The Bertz CT molecular complexity index is 507. The average molecular weight is 278 g/mol. The van der Waals surface area contributed by atoms with E-state index >= 15 is 0 Å². The fraction of sp³-hybridized carbons (Fsp3) is 0.571. The van der Waals surface area contributed by atoms with Crippen molar-refractivity contribution in [2.24, 2.45) is 0 Å². The zero-order valence-corrected chi connectivity index (χ0v) is 12.7. The number of nitrogens with zero attached hydrogens (tertiary/aromatic N) is 3. The Hall–Kier alpha value is -1.04. The minimum absolute atomic E-state index is 0.490. The third kappa shape index (κ3) is 3.96. The normalized spacial score (nSPS) is 13.3. The number of rotatable bonds is 7. The summed E-state index contributed by atoms with van der Waals surface area (Å²) in [5.41, 5.74) is 3.26. The number of hydrogen-bond donors (Lipinski definition) is 1. The van der Waals surface area contributed by atoms with Gasteiger partial charge in [-0.1, -0.05) is 19.9 Å². The Kier molecular flexibility index (Phi) is 5.24. The molecule has 5 heteroatoms. The van der Waals surface area contributed by atoms with E-state index in [0.717, 1.165) is 37.2 Å². The zero-order valence-electron chi connectivity index (χ0n) is 11.9. The lowest BCUT2D eigenvalue weighted by Crippen LogP contribution is -2.38. The van der Waals surface area contributed by atoms with E-state index in [-0.39, 0.29) is 0 Å². The maximum atomic E-state index is 4.28. The molecule has 0 aliphatic rings. The molecule has 19 heavy (non-hydrogen) atoms.